The zero-order valence-electron chi connectivity index (χ0n) is 14.5. The Morgan fingerprint density at radius 1 is 1.04 bits per heavy atom. The molecule has 0 saturated carbocycles. The number of ether oxygens (including phenoxy) is 1. The first-order valence-electron chi connectivity index (χ1n) is 8.05. The molecule has 0 heterocycles. The van der Waals surface area contributed by atoms with E-state index in [1.165, 1.54) is 0 Å². The van der Waals surface area contributed by atoms with Gasteiger partial charge in [-0.05, 0) is 36.2 Å². The lowest BCUT2D eigenvalue weighted by Crippen LogP contribution is -2.28. The number of nitrogens with zero attached hydrogens (tertiary/aromatic N) is 1. The molecule has 25 heavy (non-hydrogen) atoms. The van der Waals surface area contributed by atoms with Crippen LogP contribution in [-0.2, 0) is 20.3 Å². The summed E-state index contributed by atoms with van der Waals surface area (Å²) in [5.74, 6) is -0.177. The molecule has 0 aliphatic carbocycles. The highest BCUT2D eigenvalue weighted by Crippen LogP contribution is 2.17. The monoisotopic (exact) mass is 361 g/mol. The summed E-state index contributed by atoms with van der Waals surface area (Å²) in [4.78, 5) is 14.3. The number of sulfone groups is 1. The molecule has 0 fully saturated rings. The maximum atomic E-state index is 12.4. The Balaban J connectivity index is 2.03. The summed E-state index contributed by atoms with van der Waals surface area (Å²) in [6.45, 7) is 1.21. The van der Waals surface area contributed by atoms with E-state index in [9.17, 15) is 13.2 Å². The molecule has 2 aromatic rings. The number of methoxy groups -OCH3 is 1. The molecule has 2 aromatic carbocycles. The summed E-state index contributed by atoms with van der Waals surface area (Å²) in [7, 11) is -0.0161. The van der Waals surface area contributed by atoms with Crippen molar-refractivity contribution in [2.24, 2.45) is 0 Å². The van der Waals surface area contributed by atoms with E-state index in [-0.39, 0.29) is 11.7 Å². The van der Waals surface area contributed by atoms with E-state index < -0.39 is 9.84 Å². The molecule has 0 radical (unpaired) electrons. The first-order chi connectivity index (χ1) is 11.9. The number of carbonyl (C=O) groups is 1. The fraction of sp³-hybridized carbons (Fsp3) is 0.316. The fourth-order valence-corrected chi connectivity index (χ4v) is 3.81. The van der Waals surface area contributed by atoms with E-state index in [0.29, 0.717) is 29.2 Å². The third-order valence-electron chi connectivity index (χ3n) is 3.85. The first-order valence-corrected chi connectivity index (χ1v) is 9.70. The molecular weight excluding hydrogens is 338 g/mol. The van der Waals surface area contributed by atoms with Crippen LogP contribution < -0.4 is 0 Å². The van der Waals surface area contributed by atoms with Crippen LogP contribution in [0.2, 0.25) is 0 Å². The van der Waals surface area contributed by atoms with Gasteiger partial charge >= 0.3 is 0 Å². The van der Waals surface area contributed by atoms with Gasteiger partial charge in [-0.25, -0.2) is 8.42 Å². The standard InChI is InChI=1S/C19H23NO4S/c1-20(13-6-14-24-2)19(21)17-11-9-16(10-12-17)15-25(22,23)18-7-4-3-5-8-18/h3-5,7-12H,6,13-15H2,1-2H3. The van der Waals surface area contributed by atoms with Gasteiger partial charge in [-0.3, -0.25) is 4.79 Å². The largest absolute Gasteiger partial charge is 0.385 e. The molecule has 0 atom stereocenters. The summed E-state index contributed by atoms with van der Waals surface area (Å²) < 4.78 is 29.8. The van der Waals surface area contributed by atoms with Gasteiger partial charge in [0.2, 0.25) is 0 Å². The van der Waals surface area contributed by atoms with Crippen LogP contribution in [0, 0.1) is 0 Å². The van der Waals surface area contributed by atoms with E-state index in [0.717, 1.165) is 6.42 Å². The fourth-order valence-electron chi connectivity index (χ4n) is 2.44. The van der Waals surface area contributed by atoms with Gasteiger partial charge in [0.05, 0.1) is 10.6 Å². The molecule has 0 bridgehead atoms. The van der Waals surface area contributed by atoms with Crippen LogP contribution in [0.15, 0.2) is 59.5 Å². The number of hydrogen-bond donors (Lipinski definition) is 0. The predicted octanol–water partition coefficient (Wildman–Crippen LogP) is 2.77. The molecule has 0 saturated heterocycles. The number of hydrogen-bond acceptors (Lipinski definition) is 4. The molecule has 134 valence electrons. The van der Waals surface area contributed by atoms with Gasteiger partial charge in [0, 0.05) is 32.9 Å². The van der Waals surface area contributed by atoms with Gasteiger partial charge in [-0.15, -0.1) is 0 Å². The Morgan fingerprint density at radius 2 is 1.68 bits per heavy atom. The molecule has 5 nitrogen and oxygen atoms in total. The topological polar surface area (TPSA) is 63.7 Å². The number of benzene rings is 2. The lowest BCUT2D eigenvalue weighted by atomic mass is 10.1. The molecule has 0 aromatic heterocycles. The van der Waals surface area contributed by atoms with Gasteiger partial charge < -0.3 is 9.64 Å². The maximum Gasteiger partial charge on any atom is 0.253 e. The van der Waals surface area contributed by atoms with Crippen molar-refractivity contribution in [3.05, 3.63) is 65.7 Å². The van der Waals surface area contributed by atoms with Crippen LogP contribution >= 0.6 is 0 Å². The summed E-state index contributed by atoms with van der Waals surface area (Å²) in [5, 5.41) is 0. The second kappa shape index (κ2) is 8.78. The third kappa shape index (κ3) is 5.41. The van der Waals surface area contributed by atoms with Gasteiger partial charge in [-0.2, -0.15) is 0 Å². The average molecular weight is 361 g/mol. The van der Waals surface area contributed by atoms with E-state index in [1.54, 1.807) is 73.7 Å². The Labute approximate surface area is 149 Å². The Morgan fingerprint density at radius 3 is 2.28 bits per heavy atom. The van der Waals surface area contributed by atoms with E-state index in [4.69, 9.17) is 4.74 Å². The highest BCUT2D eigenvalue weighted by Gasteiger charge is 2.16. The van der Waals surface area contributed by atoms with Crippen LogP contribution in [0.4, 0.5) is 0 Å². The summed E-state index contributed by atoms with van der Waals surface area (Å²) >= 11 is 0. The molecule has 0 unspecified atom stereocenters. The van der Waals surface area contributed by atoms with Crippen molar-refractivity contribution in [1.82, 2.24) is 4.90 Å². The van der Waals surface area contributed by atoms with Crippen LogP contribution in [-0.4, -0.2) is 46.5 Å². The molecule has 2 rings (SSSR count). The van der Waals surface area contributed by atoms with Crippen LogP contribution in [0.25, 0.3) is 0 Å². The minimum absolute atomic E-state index is 0.0881. The van der Waals surface area contributed by atoms with Crippen molar-refractivity contribution in [3.8, 4) is 0 Å². The van der Waals surface area contributed by atoms with Gasteiger partial charge in [0.25, 0.3) is 5.91 Å². The molecule has 1 amide bonds. The highest BCUT2D eigenvalue weighted by atomic mass is 32.2. The molecule has 6 heteroatoms. The van der Waals surface area contributed by atoms with Gasteiger partial charge in [-0.1, -0.05) is 30.3 Å². The zero-order valence-corrected chi connectivity index (χ0v) is 15.3. The minimum Gasteiger partial charge on any atom is -0.385 e. The SMILES string of the molecule is COCCCN(C)C(=O)c1ccc(CS(=O)(=O)c2ccccc2)cc1. The van der Waals surface area contributed by atoms with E-state index in [1.807, 2.05) is 0 Å². The average Bonchev–Trinajstić information content (AvgIpc) is 2.62. The molecule has 0 aliphatic rings. The number of rotatable bonds is 8. The second-order valence-electron chi connectivity index (χ2n) is 5.84. The minimum atomic E-state index is -3.39. The second-order valence-corrected chi connectivity index (χ2v) is 7.83. The normalized spacial score (nSPS) is 11.3. The van der Waals surface area contributed by atoms with Crippen molar-refractivity contribution in [3.63, 3.8) is 0 Å². The smallest absolute Gasteiger partial charge is 0.253 e. The molecule has 0 aliphatic heterocycles. The van der Waals surface area contributed by atoms with Gasteiger partial charge in [0.15, 0.2) is 9.84 Å². The highest BCUT2D eigenvalue weighted by molar-refractivity contribution is 7.90. The number of carbonyl (C=O) groups excluding carboxylic acids is 1. The van der Waals surface area contributed by atoms with Crippen LogP contribution in [0.3, 0.4) is 0 Å². The summed E-state index contributed by atoms with van der Waals surface area (Å²) in [5.41, 5.74) is 1.20. The Bertz CT molecular complexity index is 786. The molecular formula is C19H23NO4S. The first kappa shape index (κ1) is 19.1. The van der Waals surface area contributed by atoms with E-state index >= 15 is 0 Å². The van der Waals surface area contributed by atoms with Gasteiger partial charge in [0.1, 0.15) is 0 Å². The van der Waals surface area contributed by atoms with Crippen molar-refractivity contribution in [2.45, 2.75) is 17.1 Å². The maximum absolute atomic E-state index is 12.4. The van der Waals surface area contributed by atoms with Crippen molar-refractivity contribution in [2.75, 3.05) is 27.3 Å². The zero-order chi connectivity index (χ0) is 18.3. The van der Waals surface area contributed by atoms with Crippen molar-refractivity contribution >= 4 is 15.7 Å². The van der Waals surface area contributed by atoms with Crippen molar-refractivity contribution in [1.29, 1.82) is 0 Å². The lowest BCUT2D eigenvalue weighted by molar-refractivity contribution is 0.0779. The van der Waals surface area contributed by atoms with Crippen LogP contribution in [0.5, 0.6) is 0 Å². The van der Waals surface area contributed by atoms with E-state index in [2.05, 4.69) is 0 Å². The quantitative estimate of drug-likeness (QED) is 0.678. The third-order valence-corrected chi connectivity index (χ3v) is 5.55. The Hall–Kier alpha value is -2.18. The van der Waals surface area contributed by atoms with Crippen molar-refractivity contribution < 1.29 is 17.9 Å². The van der Waals surface area contributed by atoms with Crippen LogP contribution in [0.1, 0.15) is 22.3 Å². The summed E-state index contributed by atoms with van der Waals surface area (Å²) in [6, 6.07) is 15.1. The Kier molecular flexibility index (Phi) is 6.73. The number of amides is 1. The molecule has 0 N–H and O–H groups in total. The predicted molar refractivity (Wildman–Crippen MR) is 97.2 cm³/mol. The molecule has 0 spiro atoms. The summed E-state index contributed by atoms with van der Waals surface area (Å²) in [6.07, 6.45) is 0.770. The lowest BCUT2D eigenvalue weighted by Gasteiger charge is -2.17.